The minimum absolute atomic E-state index is 0.250. The van der Waals surface area contributed by atoms with Gasteiger partial charge in [-0.05, 0) is 38.6 Å². The van der Waals surface area contributed by atoms with Crippen LogP contribution in [0.4, 0.5) is 0 Å². The second kappa shape index (κ2) is 6.24. The van der Waals surface area contributed by atoms with E-state index in [1.54, 1.807) is 0 Å². The molecule has 0 spiro atoms. The number of rotatable bonds is 5. The lowest BCUT2D eigenvalue weighted by Crippen LogP contribution is -2.51. The van der Waals surface area contributed by atoms with Crippen LogP contribution in [0.3, 0.4) is 0 Å². The largest absolute Gasteiger partial charge is 0.480 e. The van der Waals surface area contributed by atoms with Gasteiger partial charge in [-0.25, -0.2) is 0 Å². The van der Waals surface area contributed by atoms with Crippen molar-refractivity contribution < 1.29 is 9.90 Å². The Morgan fingerprint density at radius 3 is 2.69 bits per heavy atom. The molecule has 94 valence electrons. The van der Waals surface area contributed by atoms with Gasteiger partial charge in [0, 0.05) is 6.04 Å². The van der Waals surface area contributed by atoms with Crippen molar-refractivity contribution in [2.75, 3.05) is 6.54 Å². The molecule has 16 heavy (non-hydrogen) atoms. The first-order valence-electron chi connectivity index (χ1n) is 6.58. The van der Waals surface area contributed by atoms with Crippen molar-refractivity contribution in [2.45, 2.75) is 65.0 Å². The summed E-state index contributed by atoms with van der Waals surface area (Å²) in [5.74, 6) is -0.0349. The van der Waals surface area contributed by atoms with Gasteiger partial charge in [0.1, 0.15) is 6.04 Å². The number of nitrogens with zero attached hydrogens (tertiary/aromatic N) is 1. The quantitative estimate of drug-likeness (QED) is 0.785. The van der Waals surface area contributed by atoms with Crippen LogP contribution >= 0.6 is 0 Å². The van der Waals surface area contributed by atoms with Crippen LogP contribution < -0.4 is 0 Å². The standard InChI is InChI=1S/C13H25NO2/c1-4-6-10(3)14-8-7-11(5-2)9-12(14)13(15)16/h10-12H,4-9H2,1-3H3,(H,15,16). The van der Waals surface area contributed by atoms with Crippen LogP contribution in [-0.4, -0.2) is 34.6 Å². The maximum atomic E-state index is 11.3. The van der Waals surface area contributed by atoms with E-state index in [-0.39, 0.29) is 6.04 Å². The summed E-state index contributed by atoms with van der Waals surface area (Å²) in [6, 6.07) is 0.157. The smallest absolute Gasteiger partial charge is 0.320 e. The lowest BCUT2D eigenvalue weighted by Gasteiger charge is -2.40. The second-order valence-electron chi connectivity index (χ2n) is 5.03. The van der Waals surface area contributed by atoms with E-state index in [2.05, 4.69) is 25.7 Å². The molecule has 1 N–H and O–H groups in total. The van der Waals surface area contributed by atoms with Crippen LogP contribution in [0.1, 0.15) is 52.9 Å². The van der Waals surface area contributed by atoms with E-state index in [0.29, 0.717) is 12.0 Å². The summed E-state index contributed by atoms with van der Waals surface area (Å²) in [6.45, 7) is 7.43. The summed E-state index contributed by atoms with van der Waals surface area (Å²) < 4.78 is 0. The van der Waals surface area contributed by atoms with E-state index in [4.69, 9.17) is 0 Å². The minimum Gasteiger partial charge on any atom is -0.480 e. The van der Waals surface area contributed by atoms with Crippen LogP contribution in [0, 0.1) is 5.92 Å². The fourth-order valence-corrected chi connectivity index (χ4v) is 2.78. The fourth-order valence-electron chi connectivity index (χ4n) is 2.78. The van der Waals surface area contributed by atoms with Gasteiger partial charge in [0.2, 0.25) is 0 Å². The molecule has 0 bridgehead atoms. The highest BCUT2D eigenvalue weighted by Crippen LogP contribution is 2.28. The molecule has 0 saturated carbocycles. The number of piperidine rings is 1. The monoisotopic (exact) mass is 227 g/mol. The summed E-state index contributed by atoms with van der Waals surface area (Å²) in [6.07, 6.45) is 5.33. The molecule has 1 heterocycles. The number of carboxylic acids is 1. The zero-order chi connectivity index (χ0) is 12.1. The highest BCUT2D eigenvalue weighted by Gasteiger charge is 2.34. The Morgan fingerprint density at radius 2 is 2.19 bits per heavy atom. The highest BCUT2D eigenvalue weighted by atomic mass is 16.4. The van der Waals surface area contributed by atoms with Crippen LogP contribution in [0.2, 0.25) is 0 Å². The van der Waals surface area contributed by atoms with Gasteiger partial charge in [0.05, 0.1) is 0 Å². The number of likely N-dealkylation sites (tertiary alicyclic amines) is 1. The molecule has 0 aromatic carbocycles. The van der Waals surface area contributed by atoms with Gasteiger partial charge in [0.15, 0.2) is 0 Å². The molecule has 0 aromatic rings. The SMILES string of the molecule is CCCC(C)N1CCC(CC)CC1C(=O)O. The minimum atomic E-state index is -0.638. The molecule has 1 rings (SSSR count). The maximum Gasteiger partial charge on any atom is 0.320 e. The Kier molecular flexibility index (Phi) is 5.26. The molecule has 0 amide bonds. The maximum absolute atomic E-state index is 11.3. The average Bonchev–Trinajstić information content (AvgIpc) is 2.28. The van der Waals surface area contributed by atoms with Gasteiger partial charge in [-0.15, -0.1) is 0 Å². The molecular formula is C13H25NO2. The van der Waals surface area contributed by atoms with E-state index < -0.39 is 5.97 Å². The molecule has 3 unspecified atom stereocenters. The Hall–Kier alpha value is -0.570. The second-order valence-corrected chi connectivity index (χ2v) is 5.03. The van der Waals surface area contributed by atoms with E-state index in [1.165, 1.54) is 0 Å². The third-order valence-electron chi connectivity index (χ3n) is 3.89. The summed E-state index contributed by atoms with van der Waals surface area (Å²) in [4.78, 5) is 13.5. The first-order valence-corrected chi connectivity index (χ1v) is 6.58. The number of hydrogen-bond acceptors (Lipinski definition) is 2. The van der Waals surface area contributed by atoms with E-state index >= 15 is 0 Å². The van der Waals surface area contributed by atoms with Gasteiger partial charge in [-0.2, -0.15) is 0 Å². The van der Waals surface area contributed by atoms with Crippen molar-refractivity contribution >= 4 is 5.97 Å². The summed E-state index contributed by atoms with van der Waals surface area (Å²) in [5, 5.41) is 9.30. The van der Waals surface area contributed by atoms with Crippen LogP contribution in [0.25, 0.3) is 0 Å². The van der Waals surface area contributed by atoms with Gasteiger partial charge < -0.3 is 5.11 Å². The molecule has 3 atom stereocenters. The molecule has 0 aromatic heterocycles. The van der Waals surface area contributed by atoms with Crippen molar-refractivity contribution in [1.29, 1.82) is 0 Å². The van der Waals surface area contributed by atoms with Gasteiger partial charge in [-0.1, -0.05) is 26.7 Å². The van der Waals surface area contributed by atoms with Gasteiger partial charge in [-0.3, -0.25) is 9.69 Å². The summed E-state index contributed by atoms with van der Waals surface area (Å²) >= 11 is 0. The van der Waals surface area contributed by atoms with Crippen molar-refractivity contribution in [1.82, 2.24) is 4.90 Å². The number of aliphatic carboxylic acids is 1. The molecule has 0 aliphatic carbocycles. The molecule has 1 aliphatic rings. The topological polar surface area (TPSA) is 40.5 Å². The fraction of sp³-hybridized carbons (Fsp3) is 0.923. The third kappa shape index (κ3) is 3.21. The third-order valence-corrected chi connectivity index (χ3v) is 3.89. The van der Waals surface area contributed by atoms with E-state index in [0.717, 1.165) is 38.6 Å². The number of hydrogen-bond donors (Lipinski definition) is 1. The Labute approximate surface area is 98.8 Å². The molecule has 1 fully saturated rings. The van der Waals surface area contributed by atoms with Gasteiger partial charge >= 0.3 is 5.97 Å². The van der Waals surface area contributed by atoms with Gasteiger partial charge in [0.25, 0.3) is 0 Å². The van der Waals surface area contributed by atoms with Crippen LogP contribution in [0.5, 0.6) is 0 Å². The van der Waals surface area contributed by atoms with Crippen LogP contribution in [-0.2, 0) is 4.79 Å². The predicted molar refractivity (Wildman–Crippen MR) is 65.5 cm³/mol. The molecule has 3 nitrogen and oxygen atoms in total. The van der Waals surface area contributed by atoms with Crippen molar-refractivity contribution in [2.24, 2.45) is 5.92 Å². The van der Waals surface area contributed by atoms with E-state index in [9.17, 15) is 9.90 Å². The Morgan fingerprint density at radius 1 is 1.50 bits per heavy atom. The average molecular weight is 227 g/mol. The molecule has 1 saturated heterocycles. The summed E-state index contributed by atoms with van der Waals surface area (Å²) in [7, 11) is 0. The molecule has 1 aliphatic heterocycles. The normalized spacial score (nSPS) is 28.9. The van der Waals surface area contributed by atoms with Crippen molar-refractivity contribution in [3.63, 3.8) is 0 Å². The van der Waals surface area contributed by atoms with E-state index in [1.807, 2.05) is 0 Å². The first kappa shape index (κ1) is 13.5. The number of carbonyl (C=O) groups is 1. The summed E-state index contributed by atoms with van der Waals surface area (Å²) in [5.41, 5.74) is 0. The van der Waals surface area contributed by atoms with Crippen molar-refractivity contribution in [3.05, 3.63) is 0 Å². The lowest BCUT2D eigenvalue weighted by atomic mass is 9.87. The zero-order valence-electron chi connectivity index (χ0n) is 10.8. The highest BCUT2D eigenvalue weighted by molar-refractivity contribution is 5.73. The van der Waals surface area contributed by atoms with Crippen molar-refractivity contribution in [3.8, 4) is 0 Å². The Balaban J connectivity index is 2.64. The molecular weight excluding hydrogens is 202 g/mol. The predicted octanol–water partition coefficient (Wildman–Crippen LogP) is 2.75. The molecule has 3 heteroatoms. The zero-order valence-corrected chi connectivity index (χ0v) is 10.8. The Bertz CT molecular complexity index is 230. The lowest BCUT2D eigenvalue weighted by molar-refractivity contribution is -0.146. The first-order chi connectivity index (χ1) is 7.60. The number of carboxylic acid groups (broad SMARTS) is 1. The molecule has 0 radical (unpaired) electrons. The van der Waals surface area contributed by atoms with Crippen LogP contribution in [0.15, 0.2) is 0 Å².